The molecule has 3 N–H and O–H groups in total. The first-order valence-electron chi connectivity index (χ1n) is 9.51. The van der Waals surface area contributed by atoms with Crippen LogP contribution >= 0.6 is 11.3 Å². The van der Waals surface area contributed by atoms with Gasteiger partial charge in [-0.1, -0.05) is 12.1 Å². The summed E-state index contributed by atoms with van der Waals surface area (Å²) in [6, 6.07) is 9.67. The average Bonchev–Trinajstić information content (AvgIpc) is 3.28. The molecule has 0 aliphatic carbocycles. The molecule has 0 saturated carbocycles. The molecule has 0 fully saturated rings. The Hall–Kier alpha value is -3.93. The Morgan fingerprint density at radius 2 is 1.82 bits per heavy atom. The fourth-order valence-electron chi connectivity index (χ4n) is 2.75. The van der Waals surface area contributed by atoms with E-state index in [2.05, 4.69) is 25.3 Å². The molecule has 172 valence electrons. The molecule has 1 atom stereocenters. The highest BCUT2D eigenvalue weighted by Gasteiger charge is 2.18. The van der Waals surface area contributed by atoms with Gasteiger partial charge in [-0.25, -0.2) is 14.8 Å². The summed E-state index contributed by atoms with van der Waals surface area (Å²) in [7, 11) is 0. The molecule has 3 rings (SSSR count). The van der Waals surface area contributed by atoms with Gasteiger partial charge in [0.15, 0.2) is 0 Å². The summed E-state index contributed by atoms with van der Waals surface area (Å²) in [5.74, 6) is -2.25. The van der Waals surface area contributed by atoms with E-state index >= 15 is 0 Å². The lowest BCUT2D eigenvalue weighted by Crippen LogP contribution is -2.28. The first kappa shape index (κ1) is 23.7. The van der Waals surface area contributed by atoms with E-state index in [4.69, 9.17) is 5.11 Å². The first-order chi connectivity index (χ1) is 15.7. The summed E-state index contributed by atoms with van der Waals surface area (Å²) in [5, 5.41) is 14.3. The third-order valence-corrected chi connectivity index (χ3v) is 5.58. The summed E-state index contributed by atoms with van der Waals surface area (Å²) in [4.78, 5) is 44.5. The number of rotatable bonds is 9. The predicted octanol–water partition coefficient (Wildman–Crippen LogP) is 3.26. The van der Waals surface area contributed by atoms with Crippen molar-refractivity contribution in [3.05, 3.63) is 75.5 Å². The van der Waals surface area contributed by atoms with Crippen molar-refractivity contribution in [1.82, 2.24) is 20.6 Å². The summed E-state index contributed by atoms with van der Waals surface area (Å²) in [5.41, 5.74) is 0.412. The van der Waals surface area contributed by atoms with Gasteiger partial charge in [-0.15, -0.1) is 11.3 Å². The van der Waals surface area contributed by atoms with E-state index in [-0.39, 0.29) is 28.6 Å². The molecule has 2 amide bonds. The van der Waals surface area contributed by atoms with Gasteiger partial charge in [-0.3, -0.25) is 9.59 Å². The SMILES string of the molecule is C[C@H](NC(=O)c1cc(C(=O)NCc2cccc(OC(F)F)c2)ncn1)c1ccc(C(=O)O)s1. The zero-order chi connectivity index (χ0) is 24.0. The van der Waals surface area contributed by atoms with Crippen LogP contribution in [0.2, 0.25) is 0 Å². The molecule has 0 saturated heterocycles. The highest BCUT2D eigenvalue weighted by Crippen LogP contribution is 2.23. The van der Waals surface area contributed by atoms with E-state index in [9.17, 15) is 23.2 Å². The molecule has 0 unspecified atom stereocenters. The molecule has 1 aromatic carbocycles. The summed E-state index contributed by atoms with van der Waals surface area (Å²) >= 11 is 1.04. The number of alkyl halides is 2. The van der Waals surface area contributed by atoms with Gasteiger partial charge in [0, 0.05) is 17.5 Å². The van der Waals surface area contributed by atoms with Gasteiger partial charge in [-0.2, -0.15) is 8.78 Å². The molecule has 0 spiro atoms. The van der Waals surface area contributed by atoms with Crippen LogP contribution < -0.4 is 15.4 Å². The van der Waals surface area contributed by atoms with Crippen molar-refractivity contribution in [2.75, 3.05) is 0 Å². The third kappa shape index (κ3) is 6.53. The highest BCUT2D eigenvalue weighted by atomic mass is 32.1. The minimum atomic E-state index is -2.96. The van der Waals surface area contributed by atoms with Gasteiger partial charge in [0.25, 0.3) is 11.8 Å². The topological polar surface area (TPSA) is 131 Å². The number of benzene rings is 1. The van der Waals surface area contributed by atoms with Gasteiger partial charge >= 0.3 is 12.6 Å². The molecule has 0 bridgehead atoms. The van der Waals surface area contributed by atoms with Crippen LogP contribution in [-0.2, 0) is 6.54 Å². The number of aromatic nitrogens is 2. The predicted molar refractivity (Wildman–Crippen MR) is 113 cm³/mol. The Morgan fingerprint density at radius 1 is 1.09 bits per heavy atom. The maximum Gasteiger partial charge on any atom is 0.387 e. The minimum absolute atomic E-state index is 0.0200. The molecule has 0 radical (unpaired) electrons. The Labute approximate surface area is 190 Å². The molecule has 0 aliphatic heterocycles. The van der Waals surface area contributed by atoms with Gasteiger partial charge in [0.05, 0.1) is 6.04 Å². The smallest absolute Gasteiger partial charge is 0.387 e. The Morgan fingerprint density at radius 3 is 2.48 bits per heavy atom. The molecule has 3 aromatic rings. The molecular formula is C21H18F2N4O5S. The number of nitrogens with one attached hydrogen (secondary N) is 2. The van der Waals surface area contributed by atoms with Gasteiger partial charge in [0.2, 0.25) is 0 Å². The van der Waals surface area contributed by atoms with Crippen LogP contribution in [0.4, 0.5) is 8.78 Å². The summed E-state index contributed by atoms with van der Waals surface area (Å²) < 4.78 is 29.0. The summed E-state index contributed by atoms with van der Waals surface area (Å²) in [6.07, 6.45) is 1.07. The fraction of sp³-hybridized carbons (Fsp3) is 0.190. The van der Waals surface area contributed by atoms with Crippen LogP contribution in [0.1, 0.15) is 54.1 Å². The average molecular weight is 476 g/mol. The van der Waals surface area contributed by atoms with Crippen LogP contribution in [0, 0.1) is 0 Å². The molecule has 33 heavy (non-hydrogen) atoms. The number of carboxylic acid groups (broad SMARTS) is 1. The lowest BCUT2D eigenvalue weighted by atomic mass is 10.2. The van der Waals surface area contributed by atoms with E-state index in [1.807, 2.05) is 0 Å². The Kier molecular flexibility index (Phi) is 7.61. The Bertz CT molecular complexity index is 1170. The maximum absolute atomic E-state index is 12.5. The van der Waals surface area contributed by atoms with Gasteiger partial charge < -0.3 is 20.5 Å². The van der Waals surface area contributed by atoms with Crippen LogP contribution in [-0.4, -0.2) is 39.5 Å². The van der Waals surface area contributed by atoms with E-state index in [0.29, 0.717) is 10.4 Å². The number of nitrogens with zero attached hydrogens (tertiary/aromatic N) is 2. The summed E-state index contributed by atoms with van der Waals surface area (Å²) in [6.45, 7) is -1.25. The second kappa shape index (κ2) is 10.6. The van der Waals surface area contributed by atoms with E-state index in [0.717, 1.165) is 17.7 Å². The number of hydrogen-bond acceptors (Lipinski definition) is 7. The standard InChI is InChI=1S/C21H18F2N4O5S/c1-11(16-5-6-17(33-16)20(30)31)27-19(29)15-8-14(25-10-26-15)18(28)24-9-12-3-2-4-13(7-12)32-21(22)23/h2-8,10-11,21H,9H2,1H3,(H,24,28)(H,27,29)(H,30,31)/t11-/m0/s1. The van der Waals surface area contributed by atoms with E-state index in [1.54, 1.807) is 19.1 Å². The van der Waals surface area contributed by atoms with Crippen LogP contribution in [0.15, 0.2) is 48.8 Å². The number of ether oxygens (including phenoxy) is 1. The van der Waals surface area contributed by atoms with Crippen molar-refractivity contribution in [2.45, 2.75) is 26.1 Å². The van der Waals surface area contributed by atoms with Crippen LogP contribution in [0.25, 0.3) is 0 Å². The van der Waals surface area contributed by atoms with Crippen LogP contribution in [0.3, 0.4) is 0 Å². The zero-order valence-corrected chi connectivity index (χ0v) is 17.9. The lowest BCUT2D eigenvalue weighted by molar-refractivity contribution is -0.0499. The number of aromatic carboxylic acids is 1. The van der Waals surface area contributed by atoms with Crippen molar-refractivity contribution in [3.8, 4) is 5.75 Å². The quantitative estimate of drug-likeness (QED) is 0.432. The number of thiophene rings is 1. The van der Waals surface area contributed by atoms with E-state index < -0.39 is 30.4 Å². The molecule has 2 heterocycles. The number of hydrogen-bond donors (Lipinski definition) is 3. The number of carbonyl (C=O) groups is 3. The molecule has 2 aromatic heterocycles. The second-order valence-corrected chi connectivity index (χ2v) is 7.81. The molecule has 12 heteroatoms. The van der Waals surface area contributed by atoms with Gasteiger partial charge in [-0.05, 0) is 36.8 Å². The van der Waals surface area contributed by atoms with E-state index in [1.165, 1.54) is 30.3 Å². The number of amides is 2. The number of carboxylic acids is 1. The van der Waals surface area contributed by atoms with Crippen molar-refractivity contribution in [1.29, 1.82) is 0 Å². The monoisotopic (exact) mass is 476 g/mol. The first-order valence-corrected chi connectivity index (χ1v) is 10.3. The van der Waals surface area contributed by atoms with Crippen molar-refractivity contribution in [3.63, 3.8) is 0 Å². The minimum Gasteiger partial charge on any atom is -0.477 e. The second-order valence-electron chi connectivity index (χ2n) is 6.70. The molecule has 0 aliphatic rings. The molecular weight excluding hydrogens is 458 g/mol. The van der Waals surface area contributed by atoms with Crippen molar-refractivity contribution >= 4 is 29.1 Å². The third-order valence-electron chi connectivity index (χ3n) is 4.32. The lowest BCUT2D eigenvalue weighted by Gasteiger charge is -2.12. The van der Waals surface area contributed by atoms with Crippen molar-refractivity contribution < 1.29 is 33.0 Å². The largest absolute Gasteiger partial charge is 0.477 e. The van der Waals surface area contributed by atoms with Gasteiger partial charge in [0.1, 0.15) is 28.3 Å². The maximum atomic E-state index is 12.5. The number of carbonyl (C=O) groups excluding carboxylic acids is 2. The zero-order valence-electron chi connectivity index (χ0n) is 17.1. The van der Waals surface area contributed by atoms with Crippen molar-refractivity contribution in [2.24, 2.45) is 0 Å². The molecule has 9 nitrogen and oxygen atoms in total. The normalized spacial score (nSPS) is 11.6. The Balaban J connectivity index is 1.61. The highest BCUT2D eigenvalue weighted by molar-refractivity contribution is 7.14. The van der Waals surface area contributed by atoms with Crippen LogP contribution in [0.5, 0.6) is 5.75 Å². The fourth-order valence-corrected chi connectivity index (χ4v) is 3.60. The number of halogens is 2.